The molecule has 0 radical (unpaired) electrons. The average molecular weight is 97.1 g/mol. The minimum atomic E-state index is -0.792. The van der Waals surface area contributed by atoms with Gasteiger partial charge >= 0.3 is 0 Å². The Morgan fingerprint density at radius 1 is 1.71 bits per heavy atom. The molecule has 0 aromatic carbocycles. The van der Waals surface area contributed by atoms with Crippen LogP contribution >= 0.6 is 0 Å². The van der Waals surface area contributed by atoms with Crippen molar-refractivity contribution in [2.75, 3.05) is 0 Å². The van der Waals surface area contributed by atoms with Gasteiger partial charge in [-0.2, -0.15) is 5.26 Å². The molecule has 0 rings (SSSR count). The van der Waals surface area contributed by atoms with E-state index in [-0.39, 0.29) is 0 Å². The van der Waals surface area contributed by atoms with Crippen molar-refractivity contribution in [3.05, 3.63) is 0 Å². The maximum absolute atomic E-state index is 9.84. The zero-order chi connectivity index (χ0) is 5.91. The van der Waals surface area contributed by atoms with Crippen molar-refractivity contribution in [1.29, 1.82) is 5.26 Å². The second kappa shape index (κ2) is 1.74. The third kappa shape index (κ3) is 1.94. The summed E-state index contributed by atoms with van der Waals surface area (Å²) in [5, 5.41) is 8.11. The summed E-state index contributed by atoms with van der Waals surface area (Å²) >= 11 is 0. The second-order valence-electron chi connectivity index (χ2n) is 1.95. The molecule has 0 saturated heterocycles. The first-order chi connectivity index (χ1) is 3.12. The summed E-state index contributed by atoms with van der Waals surface area (Å²) in [6.07, 6.45) is 0.632. The number of hydrogen-bond donors (Lipinski definition) is 0. The minimum absolute atomic E-state index is 0.632. The van der Waals surface area contributed by atoms with Gasteiger partial charge in [0.25, 0.3) is 0 Å². The van der Waals surface area contributed by atoms with Crippen LogP contribution in [0.3, 0.4) is 0 Å². The number of nitriles is 1. The maximum Gasteiger partial charge on any atom is 0.139 e. The second-order valence-corrected chi connectivity index (χ2v) is 1.95. The molecule has 0 saturated carbocycles. The molecule has 0 aromatic heterocycles. The fourth-order valence-corrected chi connectivity index (χ4v) is 0.0264. The fourth-order valence-electron chi connectivity index (χ4n) is 0.0264. The maximum atomic E-state index is 9.84. The Hall–Kier alpha value is -0.840. The van der Waals surface area contributed by atoms with Gasteiger partial charge in [-0.1, -0.05) is 0 Å². The van der Waals surface area contributed by atoms with E-state index in [1.807, 2.05) is 6.07 Å². The third-order valence-electron chi connectivity index (χ3n) is 0.583. The van der Waals surface area contributed by atoms with Crippen LogP contribution < -0.4 is 0 Å². The van der Waals surface area contributed by atoms with Crippen LogP contribution in [-0.2, 0) is 4.79 Å². The van der Waals surface area contributed by atoms with E-state index in [0.717, 1.165) is 0 Å². The lowest BCUT2D eigenvalue weighted by Gasteiger charge is -1.99. The van der Waals surface area contributed by atoms with Gasteiger partial charge in [-0.05, 0) is 13.8 Å². The number of hydrogen-bond acceptors (Lipinski definition) is 2. The Balaban J connectivity index is 3.91. The molecule has 0 aliphatic heterocycles. The highest BCUT2D eigenvalue weighted by atomic mass is 16.1. The Bertz CT molecular complexity index is 110. The lowest BCUT2D eigenvalue weighted by molar-refractivity contribution is -0.112. The van der Waals surface area contributed by atoms with E-state index in [4.69, 9.17) is 5.26 Å². The summed E-state index contributed by atoms with van der Waals surface area (Å²) in [5.41, 5.74) is -0.792. The van der Waals surface area contributed by atoms with E-state index in [1.165, 1.54) is 0 Å². The van der Waals surface area contributed by atoms with Crippen molar-refractivity contribution in [1.82, 2.24) is 0 Å². The Morgan fingerprint density at radius 2 is 2.14 bits per heavy atom. The van der Waals surface area contributed by atoms with E-state index < -0.39 is 5.41 Å². The fraction of sp³-hybridized carbons (Fsp3) is 0.600. The number of nitrogens with zero attached hydrogens (tertiary/aromatic N) is 1. The van der Waals surface area contributed by atoms with Crippen molar-refractivity contribution in [2.24, 2.45) is 5.41 Å². The van der Waals surface area contributed by atoms with Gasteiger partial charge < -0.3 is 4.79 Å². The molecule has 0 spiro atoms. The third-order valence-corrected chi connectivity index (χ3v) is 0.583. The first-order valence-corrected chi connectivity index (χ1v) is 2.00. The topological polar surface area (TPSA) is 40.9 Å². The molecule has 0 amide bonds. The molecule has 2 nitrogen and oxygen atoms in total. The molecule has 0 N–H and O–H groups in total. The molecule has 0 heterocycles. The van der Waals surface area contributed by atoms with E-state index >= 15 is 0 Å². The summed E-state index contributed by atoms with van der Waals surface area (Å²) < 4.78 is 0. The average Bonchev–Trinajstić information content (AvgIpc) is 1.68. The number of carbonyl (C=O) groups excluding carboxylic acids is 1. The molecule has 0 bridgehead atoms. The predicted molar refractivity (Wildman–Crippen MR) is 25.5 cm³/mol. The highest BCUT2D eigenvalue weighted by Crippen LogP contribution is 2.06. The quantitative estimate of drug-likeness (QED) is 0.453. The van der Waals surface area contributed by atoms with Crippen molar-refractivity contribution in [3.63, 3.8) is 0 Å². The summed E-state index contributed by atoms with van der Waals surface area (Å²) in [5.74, 6) is 0. The summed E-state index contributed by atoms with van der Waals surface area (Å²) in [7, 11) is 0. The number of rotatable bonds is 1. The van der Waals surface area contributed by atoms with Gasteiger partial charge in [-0.3, -0.25) is 0 Å². The van der Waals surface area contributed by atoms with E-state index in [9.17, 15) is 4.79 Å². The zero-order valence-electron chi connectivity index (χ0n) is 4.43. The summed E-state index contributed by atoms with van der Waals surface area (Å²) in [6, 6.07) is 1.82. The molecule has 0 aliphatic rings. The van der Waals surface area contributed by atoms with E-state index in [2.05, 4.69) is 0 Å². The highest BCUT2D eigenvalue weighted by molar-refractivity contribution is 5.62. The molecular weight excluding hydrogens is 90.1 g/mol. The molecule has 0 fully saturated rings. The van der Waals surface area contributed by atoms with Crippen molar-refractivity contribution >= 4 is 6.29 Å². The van der Waals surface area contributed by atoms with Crippen LogP contribution in [0.1, 0.15) is 13.8 Å². The first-order valence-electron chi connectivity index (χ1n) is 2.00. The van der Waals surface area contributed by atoms with E-state index in [0.29, 0.717) is 6.29 Å². The molecule has 7 heavy (non-hydrogen) atoms. The predicted octanol–water partition coefficient (Wildman–Crippen LogP) is 0.735. The summed E-state index contributed by atoms with van der Waals surface area (Å²) in [6.45, 7) is 3.14. The lowest BCUT2D eigenvalue weighted by atomic mass is 9.99. The van der Waals surface area contributed by atoms with Gasteiger partial charge in [0.15, 0.2) is 0 Å². The van der Waals surface area contributed by atoms with Gasteiger partial charge in [0.2, 0.25) is 0 Å². The highest BCUT2D eigenvalue weighted by Gasteiger charge is 2.12. The lowest BCUT2D eigenvalue weighted by Crippen LogP contribution is -2.07. The van der Waals surface area contributed by atoms with Crippen LogP contribution in [0.25, 0.3) is 0 Å². The monoisotopic (exact) mass is 97.1 g/mol. The van der Waals surface area contributed by atoms with E-state index in [1.54, 1.807) is 13.8 Å². The molecule has 0 atom stereocenters. The molecule has 0 aromatic rings. The Labute approximate surface area is 42.8 Å². The van der Waals surface area contributed by atoms with Gasteiger partial charge in [0.05, 0.1) is 6.07 Å². The van der Waals surface area contributed by atoms with Gasteiger partial charge in [0, 0.05) is 0 Å². The molecule has 38 valence electrons. The van der Waals surface area contributed by atoms with Crippen LogP contribution in [0.5, 0.6) is 0 Å². The smallest absolute Gasteiger partial charge is 0.139 e. The van der Waals surface area contributed by atoms with Gasteiger partial charge in [-0.25, -0.2) is 0 Å². The Kier molecular flexibility index (Phi) is 1.53. The molecule has 2 heteroatoms. The molecule has 0 unspecified atom stereocenters. The van der Waals surface area contributed by atoms with Crippen LogP contribution in [0.4, 0.5) is 0 Å². The van der Waals surface area contributed by atoms with Crippen molar-refractivity contribution < 1.29 is 4.79 Å². The van der Waals surface area contributed by atoms with Crippen LogP contribution in [0.2, 0.25) is 0 Å². The summed E-state index contributed by atoms with van der Waals surface area (Å²) in [4.78, 5) is 9.84. The standard InChI is InChI=1S/C5H7NO/c1-5(2,3-6)4-7/h4H,1-2H3. The largest absolute Gasteiger partial charge is 0.302 e. The van der Waals surface area contributed by atoms with Crippen LogP contribution in [-0.4, -0.2) is 6.29 Å². The normalized spacial score (nSPS) is 9.86. The minimum Gasteiger partial charge on any atom is -0.302 e. The molecular formula is C5H7NO. The van der Waals surface area contributed by atoms with Gasteiger partial charge in [-0.15, -0.1) is 0 Å². The van der Waals surface area contributed by atoms with Crippen molar-refractivity contribution in [2.45, 2.75) is 13.8 Å². The SMILES string of the molecule is CC(C)(C#N)C=O. The first kappa shape index (κ1) is 6.16. The zero-order valence-corrected chi connectivity index (χ0v) is 4.43. The Morgan fingerprint density at radius 3 is 2.14 bits per heavy atom. The number of carbonyl (C=O) groups is 1. The van der Waals surface area contributed by atoms with Crippen LogP contribution in [0, 0.1) is 16.7 Å². The van der Waals surface area contributed by atoms with Crippen molar-refractivity contribution in [3.8, 4) is 6.07 Å². The van der Waals surface area contributed by atoms with Gasteiger partial charge in [0.1, 0.15) is 11.7 Å². The molecule has 0 aliphatic carbocycles. The number of aldehydes is 1. The van der Waals surface area contributed by atoms with Crippen LogP contribution in [0.15, 0.2) is 0 Å².